The summed E-state index contributed by atoms with van der Waals surface area (Å²) in [6.45, 7) is 0.181. The summed E-state index contributed by atoms with van der Waals surface area (Å²) in [6.07, 6.45) is 0. The third-order valence-corrected chi connectivity index (χ3v) is 2.82. The van der Waals surface area contributed by atoms with Crippen LogP contribution in [0.25, 0.3) is 0 Å². The number of benzene rings is 2. The molecule has 106 valence electrons. The zero-order valence-electron chi connectivity index (χ0n) is 10.9. The number of para-hydroxylation sites is 1. The van der Waals surface area contributed by atoms with Gasteiger partial charge in [0, 0.05) is 17.7 Å². The van der Waals surface area contributed by atoms with Crippen LogP contribution in [0, 0.1) is 17.5 Å². The summed E-state index contributed by atoms with van der Waals surface area (Å²) in [4.78, 5) is 0. The standard InChI is InChI=1S/C15H14F3NO/c1-19-8-10-4-2-7-13(17)15(10)20-9-11-5-3-6-12(16)14(11)18/h2-7,19H,8-9H2,1H3. The van der Waals surface area contributed by atoms with Gasteiger partial charge < -0.3 is 10.1 Å². The van der Waals surface area contributed by atoms with Gasteiger partial charge in [0.05, 0.1) is 0 Å². The second kappa shape index (κ2) is 6.43. The Hall–Kier alpha value is -2.01. The predicted octanol–water partition coefficient (Wildman–Crippen LogP) is 3.40. The molecule has 0 aliphatic heterocycles. The number of nitrogens with one attached hydrogen (secondary N) is 1. The van der Waals surface area contributed by atoms with Crippen LogP contribution >= 0.6 is 0 Å². The first kappa shape index (κ1) is 14.4. The predicted molar refractivity (Wildman–Crippen MR) is 69.9 cm³/mol. The van der Waals surface area contributed by atoms with Crippen LogP contribution in [0.3, 0.4) is 0 Å². The Kier molecular flexibility index (Phi) is 4.63. The van der Waals surface area contributed by atoms with Crippen LogP contribution in [0.2, 0.25) is 0 Å². The molecule has 2 aromatic carbocycles. The van der Waals surface area contributed by atoms with Crippen molar-refractivity contribution in [3.63, 3.8) is 0 Å². The molecule has 5 heteroatoms. The molecule has 2 aromatic rings. The molecular weight excluding hydrogens is 267 g/mol. The molecule has 0 saturated heterocycles. The van der Waals surface area contributed by atoms with E-state index in [0.717, 1.165) is 6.07 Å². The first-order valence-corrected chi connectivity index (χ1v) is 6.11. The summed E-state index contributed by atoms with van der Waals surface area (Å²) >= 11 is 0. The molecule has 0 amide bonds. The van der Waals surface area contributed by atoms with Crippen molar-refractivity contribution in [1.82, 2.24) is 5.32 Å². The van der Waals surface area contributed by atoms with Crippen LogP contribution in [0.15, 0.2) is 36.4 Å². The van der Waals surface area contributed by atoms with Crippen molar-refractivity contribution in [2.75, 3.05) is 7.05 Å². The quantitative estimate of drug-likeness (QED) is 0.907. The summed E-state index contributed by atoms with van der Waals surface area (Å²) in [5.41, 5.74) is 0.660. The third-order valence-electron chi connectivity index (χ3n) is 2.82. The Morgan fingerprint density at radius 2 is 1.60 bits per heavy atom. The lowest BCUT2D eigenvalue weighted by Crippen LogP contribution is -2.09. The second-order valence-corrected chi connectivity index (χ2v) is 4.26. The molecule has 0 aliphatic rings. The maximum absolute atomic E-state index is 13.7. The summed E-state index contributed by atoms with van der Waals surface area (Å²) < 4.78 is 45.6. The highest BCUT2D eigenvalue weighted by Gasteiger charge is 2.12. The van der Waals surface area contributed by atoms with E-state index in [1.54, 1.807) is 19.2 Å². The highest BCUT2D eigenvalue weighted by molar-refractivity contribution is 5.35. The fourth-order valence-corrected chi connectivity index (χ4v) is 1.85. The van der Waals surface area contributed by atoms with Gasteiger partial charge in [-0.15, -0.1) is 0 Å². The van der Waals surface area contributed by atoms with E-state index in [1.165, 1.54) is 18.2 Å². The maximum atomic E-state index is 13.7. The highest BCUT2D eigenvalue weighted by Crippen LogP contribution is 2.24. The highest BCUT2D eigenvalue weighted by atomic mass is 19.2. The number of halogens is 3. The average Bonchev–Trinajstić information content (AvgIpc) is 2.43. The molecule has 20 heavy (non-hydrogen) atoms. The first-order valence-electron chi connectivity index (χ1n) is 6.11. The fourth-order valence-electron chi connectivity index (χ4n) is 1.85. The Bertz CT molecular complexity index is 602. The van der Waals surface area contributed by atoms with Crippen molar-refractivity contribution in [3.05, 3.63) is 65.0 Å². The van der Waals surface area contributed by atoms with Crippen molar-refractivity contribution in [2.45, 2.75) is 13.2 Å². The van der Waals surface area contributed by atoms with Crippen molar-refractivity contribution in [2.24, 2.45) is 0 Å². The van der Waals surface area contributed by atoms with Crippen LogP contribution in [0.1, 0.15) is 11.1 Å². The molecule has 0 heterocycles. The Morgan fingerprint density at radius 1 is 0.950 bits per heavy atom. The number of hydrogen-bond acceptors (Lipinski definition) is 2. The zero-order valence-corrected chi connectivity index (χ0v) is 10.9. The van der Waals surface area contributed by atoms with E-state index in [0.29, 0.717) is 12.1 Å². The van der Waals surface area contributed by atoms with Gasteiger partial charge in [0.2, 0.25) is 0 Å². The van der Waals surface area contributed by atoms with Crippen LogP contribution in [-0.4, -0.2) is 7.05 Å². The molecule has 0 spiro atoms. The van der Waals surface area contributed by atoms with Gasteiger partial charge in [-0.25, -0.2) is 13.2 Å². The summed E-state index contributed by atoms with van der Waals surface area (Å²) in [6, 6.07) is 8.34. The molecule has 0 bridgehead atoms. The molecule has 0 aliphatic carbocycles. The number of rotatable bonds is 5. The van der Waals surface area contributed by atoms with Gasteiger partial charge in [0.15, 0.2) is 23.2 Å². The normalized spacial score (nSPS) is 10.6. The number of ether oxygens (including phenoxy) is 1. The molecule has 0 saturated carbocycles. The minimum atomic E-state index is -0.973. The summed E-state index contributed by atoms with van der Waals surface area (Å²) in [5, 5.41) is 2.89. The van der Waals surface area contributed by atoms with Crippen LogP contribution < -0.4 is 10.1 Å². The molecular formula is C15H14F3NO. The molecule has 2 rings (SSSR count). The summed E-state index contributed by atoms with van der Waals surface area (Å²) in [5.74, 6) is -2.41. The Morgan fingerprint density at radius 3 is 2.30 bits per heavy atom. The van der Waals surface area contributed by atoms with Gasteiger partial charge in [-0.05, 0) is 19.2 Å². The average molecular weight is 281 g/mol. The van der Waals surface area contributed by atoms with E-state index >= 15 is 0 Å². The largest absolute Gasteiger partial charge is 0.485 e. The van der Waals surface area contributed by atoms with Gasteiger partial charge >= 0.3 is 0 Å². The van der Waals surface area contributed by atoms with E-state index in [2.05, 4.69) is 5.32 Å². The van der Waals surface area contributed by atoms with Gasteiger partial charge in [0.1, 0.15) is 6.61 Å². The lowest BCUT2D eigenvalue weighted by Gasteiger charge is -2.12. The van der Waals surface area contributed by atoms with E-state index in [9.17, 15) is 13.2 Å². The van der Waals surface area contributed by atoms with Crippen LogP contribution in [0.5, 0.6) is 5.75 Å². The molecule has 0 unspecified atom stereocenters. The molecule has 1 N–H and O–H groups in total. The van der Waals surface area contributed by atoms with E-state index in [1.807, 2.05) is 0 Å². The van der Waals surface area contributed by atoms with Crippen molar-refractivity contribution in [3.8, 4) is 5.75 Å². The molecule has 0 radical (unpaired) electrons. The second-order valence-electron chi connectivity index (χ2n) is 4.26. The van der Waals surface area contributed by atoms with Crippen molar-refractivity contribution in [1.29, 1.82) is 0 Å². The van der Waals surface area contributed by atoms with E-state index in [-0.39, 0.29) is 17.9 Å². The monoisotopic (exact) mass is 281 g/mol. The minimum absolute atomic E-state index is 0.0451. The topological polar surface area (TPSA) is 21.3 Å². The maximum Gasteiger partial charge on any atom is 0.165 e. The van der Waals surface area contributed by atoms with Crippen LogP contribution in [0.4, 0.5) is 13.2 Å². The van der Waals surface area contributed by atoms with E-state index < -0.39 is 17.5 Å². The smallest absolute Gasteiger partial charge is 0.165 e. The van der Waals surface area contributed by atoms with Crippen molar-refractivity contribution < 1.29 is 17.9 Å². The van der Waals surface area contributed by atoms with Crippen molar-refractivity contribution >= 4 is 0 Å². The lowest BCUT2D eigenvalue weighted by atomic mass is 10.2. The van der Waals surface area contributed by atoms with Gasteiger partial charge in [-0.3, -0.25) is 0 Å². The van der Waals surface area contributed by atoms with E-state index in [4.69, 9.17) is 4.74 Å². The van der Waals surface area contributed by atoms with Gasteiger partial charge in [-0.2, -0.15) is 0 Å². The Balaban J connectivity index is 2.20. The number of hydrogen-bond donors (Lipinski definition) is 1. The summed E-state index contributed by atoms with van der Waals surface area (Å²) in [7, 11) is 1.72. The zero-order chi connectivity index (χ0) is 14.5. The third kappa shape index (κ3) is 3.11. The molecule has 0 aromatic heterocycles. The molecule has 2 nitrogen and oxygen atoms in total. The first-order chi connectivity index (χ1) is 9.63. The fraction of sp³-hybridized carbons (Fsp3) is 0.200. The SMILES string of the molecule is CNCc1cccc(F)c1OCc1cccc(F)c1F. The van der Waals surface area contributed by atoms with Gasteiger partial charge in [-0.1, -0.05) is 24.3 Å². The Labute approximate surface area is 115 Å². The minimum Gasteiger partial charge on any atom is -0.485 e. The van der Waals surface area contributed by atoms with Gasteiger partial charge in [0.25, 0.3) is 0 Å². The molecule has 0 atom stereocenters. The lowest BCUT2D eigenvalue weighted by molar-refractivity contribution is 0.279. The molecule has 0 fully saturated rings. The van der Waals surface area contributed by atoms with Crippen LogP contribution in [-0.2, 0) is 13.2 Å².